The Kier molecular flexibility index (Phi) is 6.70. The Bertz CT molecular complexity index is 1310. The molecule has 0 saturated carbocycles. The van der Waals surface area contributed by atoms with Gasteiger partial charge in [0.15, 0.2) is 6.10 Å². The van der Waals surface area contributed by atoms with E-state index in [1.165, 1.54) is 7.11 Å². The van der Waals surface area contributed by atoms with Gasteiger partial charge in [-0.25, -0.2) is 4.98 Å². The Morgan fingerprint density at radius 1 is 1.00 bits per heavy atom. The number of hydrogen-bond donors (Lipinski definition) is 4. The molecule has 34 heavy (non-hydrogen) atoms. The molecule has 0 aliphatic rings. The molecule has 1 aromatic heterocycles. The van der Waals surface area contributed by atoms with E-state index >= 15 is 0 Å². The van der Waals surface area contributed by atoms with E-state index in [0.717, 1.165) is 5.39 Å². The van der Waals surface area contributed by atoms with Gasteiger partial charge in [0.2, 0.25) is 0 Å². The van der Waals surface area contributed by atoms with Gasteiger partial charge in [0.25, 0.3) is 11.8 Å². The van der Waals surface area contributed by atoms with Gasteiger partial charge in [-0.15, -0.1) is 0 Å². The zero-order valence-corrected chi connectivity index (χ0v) is 18.4. The van der Waals surface area contributed by atoms with Crippen LogP contribution in [0.15, 0.2) is 85.1 Å². The van der Waals surface area contributed by atoms with E-state index in [9.17, 15) is 14.7 Å². The number of benzene rings is 3. The van der Waals surface area contributed by atoms with Crippen LogP contribution in [-0.4, -0.2) is 35.1 Å². The Morgan fingerprint density at radius 3 is 2.44 bits per heavy atom. The van der Waals surface area contributed by atoms with E-state index in [4.69, 9.17) is 10.5 Å². The van der Waals surface area contributed by atoms with Crippen LogP contribution in [0.4, 0.5) is 11.5 Å². The molecule has 2 unspecified atom stereocenters. The van der Waals surface area contributed by atoms with E-state index in [1.54, 1.807) is 72.9 Å². The third-order valence-electron chi connectivity index (χ3n) is 5.45. The van der Waals surface area contributed by atoms with Crippen molar-refractivity contribution in [2.45, 2.75) is 12.1 Å². The quantitative estimate of drug-likeness (QED) is 0.338. The first-order valence-electron chi connectivity index (χ1n) is 10.6. The molecule has 0 radical (unpaired) electrons. The first-order chi connectivity index (χ1) is 16.5. The minimum atomic E-state index is -1.56. The van der Waals surface area contributed by atoms with E-state index in [-0.39, 0.29) is 0 Å². The molecule has 1 heterocycles. The highest BCUT2D eigenvalue weighted by Gasteiger charge is 2.29. The van der Waals surface area contributed by atoms with Crippen LogP contribution in [0.2, 0.25) is 0 Å². The molecule has 4 rings (SSSR count). The highest BCUT2D eigenvalue weighted by molar-refractivity contribution is 6.00. The van der Waals surface area contributed by atoms with Gasteiger partial charge in [-0.05, 0) is 53.4 Å². The second-order valence-electron chi connectivity index (χ2n) is 7.66. The lowest BCUT2D eigenvalue weighted by Crippen LogP contribution is -2.42. The number of aliphatic hydroxyl groups excluding tert-OH is 1. The van der Waals surface area contributed by atoms with Gasteiger partial charge < -0.3 is 26.2 Å². The van der Waals surface area contributed by atoms with Crippen LogP contribution in [-0.2, 0) is 4.79 Å². The summed E-state index contributed by atoms with van der Waals surface area (Å²) in [7, 11) is 1.54. The number of nitrogens with one attached hydrogen (secondary N) is 2. The molecular weight excluding hydrogens is 432 g/mol. The molecule has 172 valence electrons. The predicted octanol–water partition coefficient (Wildman–Crippen LogP) is 3.30. The lowest BCUT2D eigenvalue weighted by molar-refractivity contribution is -0.125. The molecule has 0 bridgehead atoms. The fourth-order valence-electron chi connectivity index (χ4n) is 3.61. The number of aliphatic hydroxyl groups is 1. The number of rotatable bonds is 7. The van der Waals surface area contributed by atoms with Crippen LogP contribution in [0.5, 0.6) is 5.75 Å². The van der Waals surface area contributed by atoms with Crippen molar-refractivity contribution in [1.82, 2.24) is 10.3 Å². The van der Waals surface area contributed by atoms with Crippen LogP contribution in [0.3, 0.4) is 0 Å². The third kappa shape index (κ3) is 4.97. The molecule has 0 aliphatic carbocycles. The van der Waals surface area contributed by atoms with Gasteiger partial charge in [0, 0.05) is 22.8 Å². The van der Waals surface area contributed by atoms with Crippen molar-refractivity contribution >= 4 is 34.1 Å². The normalized spacial score (nSPS) is 12.5. The lowest BCUT2D eigenvalue weighted by Gasteiger charge is -2.24. The molecule has 8 nitrogen and oxygen atoms in total. The minimum absolute atomic E-state index is 0.336. The van der Waals surface area contributed by atoms with Gasteiger partial charge in [0.1, 0.15) is 11.6 Å². The van der Waals surface area contributed by atoms with Crippen molar-refractivity contribution in [1.29, 1.82) is 0 Å². The SMILES string of the molecule is COc1ccc(C(=O)NC(c2ccccc2)C(O)C(=O)Nc2ccc3ccnc(N)c3c2)cc1. The van der Waals surface area contributed by atoms with Crippen LogP contribution in [0.1, 0.15) is 22.0 Å². The zero-order chi connectivity index (χ0) is 24.1. The topological polar surface area (TPSA) is 127 Å². The summed E-state index contributed by atoms with van der Waals surface area (Å²) < 4.78 is 5.12. The molecule has 2 amide bonds. The number of nitrogens with two attached hydrogens (primary N) is 1. The van der Waals surface area contributed by atoms with Crippen molar-refractivity contribution in [2.75, 3.05) is 18.2 Å². The Morgan fingerprint density at radius 2 is 1.74 bits per heavy atom. The van der Waals surface area contributed by atoms with Crippen LogP contribution < -0.4 is 21.1 Å². The Balaban J connectivity index is 1.56. The number of aromatic nitrogens is 1. The Hall–Kier alpha value is -4.43. The second-order valence-corrected chi connectivity index (χ2v) is 7.66. The fraction of sp³-hybridized carbons (Fsp3) is 0.115. The second kappa shape index (κ2) is 10.0. The van der Waals surface area contributed by atoms with Crippen molar-refractivity contribution in [2.24, 2.45) is 0 Å². The van der Waals surface area contributed by atoms with Crippen LogP contribution >= 0.6 is 0 Å². The molecule has 3 aromatic carbocycles. The van der Waals surface area contributed by atoms with Gasteiger partial charge >= 0.3 is 0 Å². The number of fused-ring (bicyclic) bond motifs is 1. The van der Waals surface area contributed by atoms with E-state index in [0.29, 0.717) is 33.8 Å². The van der Waals surface area contributed by atoms with E-state index in [2.05, 4.69) is 15.6 Å². The van der Waals surface area contributed by atoms with Crippen molar-refractivity contribution in [3.63, 3.8) is 0 Å². The molecular formula is C26H24N4O4. The Labute approximate surface area is 196 Å². The number of carbonyl (C=O) groups is 2. The number of nitrogen functional groups attached to an aromatic ring is 1. The molecule has 0 spiro atoms. The summed E-state index contributed by atoms with van der Waals surface area (Å²) in [6, 6.07) is 21.4. The van der Waals surface area contributed by atoms with Gasteiger partial charge in [-0.3, -0.25) is 9.59 Å². The molecule has 0 aliphatic heterocycles. The highest BCUT2D eigenvalue weighted by Crippen LogP contribution is 2.24. The predicted molar refractivity (Wildman–Crippen MR) is 130 cm³/mol. The summed E-state index contributed by atoms with van der Waals surface area (Å²) in [6.45, 7) is 0. The van der Waals surface area contributed by atoms with Gasteiger partial charge in [-0.1, -0.05) is 36.4 Å². The number of nitrogens with zero attached hydrogens (tertiary/aromatic N) is 1. The molecule has 0 saturated heterocycles. The van der Waals surface area contributed by atoms with E-state index in [1.807, 2.05) is 12.1 Å². The van der Waals surface area contributed by atoms with Crippen LogP contribution in [0, 0.1) is 0 Å². The minimum Gasteiger partial charge on any atom is -0.497 e. The number of ether oxygens (including phenoxy) is 1. The zero-order valence-electron chi connectivity index (χ0n) is 18.4. The molecule has 5 N–H and O–H groups in total. The number of anilines is 2. The van der Waals surface area contributed by atoms with Gasteiger partial charge in [-0.2, -0.15) is 0 Å². The smallest absolute Gasteiger partial charge is 0.255 e. The maximum Gasteiger partial charge on any atom is 0.255 e. The average Bonchev–Trinajstić information content (AvgIpc) is 2.87. The van der Waals surface area contributed by atoms with Gasteiger partial charge in [0.05, 0.1) is 13.2 Å². The number of amides is 2. The van der Waals surface area contributed by atoms with Crippen molar-refractivity contribution in [3.8, 4) is 5.75 Å². The summed E-state index contributed by atoms with van der Waals surface area (Å²) in [5.41, 5.74) is 7.34. The summed E-state index contributed by atoms with van der Waals surface area (Å²) in [5.74, 6) is -0.163. The molecule has 8 heteroatoms. The first-order valence-corrected chi connectivity index (χ1v) is 10.6. The number of carbonyl (C=O) groups excluding carboxylic acids is 2. The van der Waals surface area contributed by atoms with Crippen molar-refractivity contribution in [3.05, 3.63) is 96.2 Å². The van der Waals surface area contributed by atoms with Crippen LogP contribution in [0.25, 0.3) is 10.8 Å². The highest BCUT2D eigenvalue weighted by atomic mass is 16.5. The first kappa shape index (κ1) is 22.8. The van der Waals surface area contributed by atoms with E-state index < -0.39 is 24.0 Å². The monoisotopic (exact) mass is 456 g/mol. The lowest BCUT2D eigenvalue weighted by atomic mass is 10.00. The largest absolute Gasteiger partial charge is 0.497 e. The summed E-state index contributed by atoms with van der Waals surface area (Å²) >= 11 is 0. The number of pyridine rings is 1. The summed E-state index contributed by atoms with van der Waals surface area (Å²) in [6.07, 6.45) is 0.0434. The maximum atomic E-state index is 13.0. The number of methoxy groups -OCH3 is 1. The average molecular weight is 457 g/mol. The number of hydrogen-bond acceptors (Lipinski definition) is 6. The summed E-state index contributed by atoms with van der Waals surface area (Å²) in [4.78, 5) is 29.9. The molecule has 4 aromatic rings. The fourth-order valence-corrected chi connectivity index (χ4v) is 3.61. The third-order valence-corrected chi connectivity index (χ3v) is 5.45. The summed E-state index contributed by atoms with van der Waals surface area (Å²) in [5, 5.41) is 18.0. The molecule has 0 fully saturated rings. The maximum absolute atomic E-state index is 13.0. The molecule has 2 atom stereocenters. The van der Waals surface area contributed by atoms with Crippen molar-refractivity contribution < 1.29 is 19.4 Å². The standard InChI is InChI=1S/C26H24N4O4/c1-34-20-11-8-18(9-12-20)25(32)30-22(17-5-3-2-4-6-17)23(31)26(33)29-19-10-7-16-13-14-28-24(27)21(16)15-19/h2-15,22-23,31H,1H3,(H2,27,28)(H,29,33)(H,30,32).